The summed E-state index contributed by atoms with van der Waals surface area (Å²) in [6, 6.07) is 23.4. The highest BCUT2D eigenvalue weighted by atomic mass is 32.1. The second kappa shape index (κ2) is 8.01. The van der Waals surface area contributed by atoms with E-state index in [9.17, 15) is 4.79 Å². The zero-order chi connectivity index (χ0) is 18.5. The van der Waals surface area contributed by atoms with Gasteiger partial charge in [0.15, 0.2) is 0 Å². The molecule has 0 spiro atoms. The van der Waals surface area contributed by atoms with Crippen molar-refractivity contribution in [1.29, 1.82) is 0 Å². The van der Waals surface area contributed by atoms with Gasteiger partial charge in [0.25, 0.3) is 0 Å². The summed E-state index contributed by atoms with van der Waals surface area (Å²) in [5, 5.41) is 2.88. The van der Waals surface area contributed by atoms with Crippen molar-refractivity contribution < 1.29 is 9.21 Å². The van der Waals surface area contributed by atoms with Crippen LogP contribution < -0.4 is 4.90 Å². The third-order valence-electron chi connectivity index (χ3n) is 4.17. The average Bonchev–Trinajstić information content (AvgIpc) is 3.39. The lowest BCUT2D eigenvalue weighted by molar-refractivity contribution is -0.118. The summed E-state index contributed by atoms with van der Waals surface area (Å²) >= 11 is 1.56. The second-order valence-corrected chi connectivity index (χ2v) is 6.94. The van der Waals surface area contributed by atoms with E-state index in [0.29, 0.717) is 6.54 Å². The maximum Gasteiger partial charge on any atom is 0.233 e. The topological polar surface area (TPSA) is 46.3 Å². The van der Waals surface area contributed by atoms with E-state index < -0.39 is 0 Å². The van der Waals surface area contributed by atoms with E-state index in [0.717, 1.165) is 27.7 Å². The van der Waals surface area contributed by atoms with Gasteiger partial charge in [-0.05, 0) is 24.3 Å². The third kappa shape index (κ3) is 4.15. The Bertz CT molecular complexity index is 995. The molecule has 1 amide bonds. The van der Waals surface area contributed by atoms with E-state index >= 15 is 0 Å². The van der Waals surface area contributed by atoms with Crippen LogP contribution in [0.4, 0.5) is 5.69 Å². The summed E-state index contributed by atoms with van der Waals surface area (Å²) in [5.41, 5.74) is 2.69. The first-order valence-corrected chi connectivity index (χ1v) is 9.55. The molecular weight excluding hydrogens is 356 g/mol. The van der Waals surface area contributed by atoms with Gasteiger partial charge in [0.05, 0.1) is 24.9 Å². The van der Waals surface area contributed by atoms with Gasteiger partial charge in [-0.25, -0.2) is 4.98 Å². The fraction of sp³-hybridized carbons (Fsp3) is 0.0909. The molecule has 0 N–H and O–H groups in total. The van der Waals surface area contributed by atoms with Crippen LogP contribution in [-0.2, 0) is 17.8 Å². The van der Waals surface area contributed by atoms with Gasteiger partial charge < -0.3 is 9.32 Å². The van der Waals surface area contributed by atoms with Crippen LogP contribution in [0.5, 0.6) is 0 Å². The lowest BCUT2D eigenvalue weighted by Gasteiger charge is -2.21. The first-order chi connectivity index (χ1) is 13.3. The number of carbonyl (C=O) groups is 1. The molecular formula is C22H18N2O2S. The van der Waals surface area contributed by atoms with Crippen molar-refractivity contribution in [1.82, 2.24) is 4.98 Å². The second-order valence-electron chi connectivity index (χ2n) is 6.08. The van der Waals surface area contributed by atoms with Crippen molar-refractivity contribution in [3.05, 3.63) is 95.9 Å². The number of aromatic nitrogens is 1. The molecule has 4 rings (SSSR count). The van der Waals surface area contributed by atoms with Gasteiger partial charge in [-0.3, -0.25) is 4.79 Å². The van der Waals surface area contributed by atoms with Crippen LogP contribution in [0.3, 0.4) is 0 Å². The molecule has 0 saturated carbocycles. The minimum absolute atomic E-state index is 0.0116. The fourth-order valence-corrected chi connectivity index (χ4v) is 3.67. The monoisotopic (exact) mass is 374 g/mol. The predicted octanol–water partition coefficient (Wildman–Crippen LogP) is 5.18. The molecule has 0 saturated heterocycles. The molecule has 0 bridgehead atoms. The number of hydrogen-bond donors (Lipinski definition) is 0. The van der Waals surface area contributed by atoms with Crippen LogP contribution in [0.15, 0.2) is 88.9 Å². The van der Waals surface area contributed by atoms with Gasteiger partial charge in [0.2, 0.25) is 5.91 Å². The first kappa shape index (κ1) is 17.2. The van der Waals surface area contributed by atoms with Crippen LogP contribution in [0.25, 0.3) is 10.6 Å². The molecule has 0 radical (unpaired) electrons. The SMILES string of the molecule is O=C(Cc1csc(-c2ccccc2)n1)N(Cc1ccco1)c1ccccc1. The summed E-state index contributed by atoms with van der Waals surface area (Å²) in [4.78, 5) is 19.4. The third-order valence-corrected chi connectivity index (χ3v) is 5.11. The molecule has 2 aromatic heterocycles. The van der Waals surface area contributed by atoms with Gasteiger partial charge in [-0.15, -0.1) is 11.3 Å². The van der Waals surface area contributed by atoms with E-state index in [1.165, 1.54) is 0 Å². The van der Waals surface area contributed by atoms with Gasteiger partial charge in [-0.1, -0.05) is 48.5 Å². The maximum absolute atomic E-state index is 13.0. The normalized spacial score (nSPS) is 10.7. The van der Waals surface area contributed by atoms with Crippen molar-refractivity contribution in [2.24, 2.45) is 0 Å². The average molecular weight is 374 g/mol. The van der Waals surface area contributed by atoms with Crippen LogP contribution in [0.2, 0.25) is 0 Å². The number of anilines is 1. The fourth-order valence-electron chi connectivity index (χ4n) is 2.84. The number of nitrogens with zero attached hydrogens (tertiary/aromatic N) is 2. The lowest BCUT2D eigenvalue weighted by Crippen LogP contribution is -2.31. The van der Waals surface area contributed by atoms with Crippen LogP contribution >= 0.6 is 11.3 Å². The molecule has 0 unspecified atom stereocenters. The Morgan fingerprint density at radius 1 is 0.963 bits per heavy atom. The molecule has 0 aliphatic carbocycles. The summed E-state index contributed by atoms with van der Waals surface area (Å²) in [7, 11) is 0. The quantitative estimate of drug-likeness (QED) is 0.467. The Morgan fingerprint density at radius 3 is 2.41 bits per heavy atom. The minimum Gasteiger partial charge on any atom is -0.467 e. The van der Waals surface area contributed by atoms with Crippen LogP contribution in [0, 0.1) is 0 Å². The van der Waals surface area contributed by atoms with E-state index in [1.807, 2.05) is 78.2 Å². The maximum atomic E-state index is 13.0. The molecule has 27 heavy (non-hydrogen) atoms. The molecule has 0 aliphatic heterocycles. The number of rotatable bonds is 6. The Balaban J connectivity index is 1.54. The van der Waals surface area contributed by atoms with E-state index in [1.54, 1.807) is 22.5 Å². The van der Waals surface area contributed by atoms with Gasteiger partial charge in [0.1, 0.15) is 10.8 Å². The number of thiazole rings is 1. The number of carbonyl (C=O) groups excluding carboxylic acids is 1. The van der Waals surface area contributed by atoms with Gasteiger partial charge in [-0.2, -0.15) is 0 Å². The van der Waals surface area contributed by atoms with Crippen molar-refractivity contribution in [2.45, 2.75) is 13.0 Å². The number of benzene rings is 2. The van der Waals surface area contributed by atoms with E-state index in [-0.39, 0.29) is 12.3 Å². The molecule has 4 aromatic rings. The Labute approximate surface area is 161 Å². The first-order valence-electron chi connectivity index (χ1n) is 8.67. The van der Waals surface area contributed by atoms with Crippen molar-refractivity contribution in [2.75, 3.05) is 4.90 Å². The Morgan fingerprint density at radius 2 is 1.70 bits per heavy atom. The highest BCUT2D eigenvalue weighted by Gasteiger charge is 2.19. The molecule has 5 heteroatoms. The predicted molar refractivity (Wildman–Crippen MR) is 108 cm³/mol. The number of amides is 1. The molecule has 2 aromatic carbocycles. The van der Waals surface area contributed by atoms with E-state index in [4.69, 9.17) is 4.42 Å². The Hall–Kier alpha value is -3.18. The minimum atomic E-state index is -0.0116. The highest BCUT2D eigenvalue weighted by molar-refractivity contribution is 7.13. The Kier molecular flexibility index (Phi) is 5.12. The van der Waals surface area contributed by atoms with Gasteiger partial charge in [0, 0.05) is 16.6 Å². The van der Waals surface area contributed by atoms with Crippen molar-refractivity contribution >= 4 is 22.9 Å². The molecule has 0 fully saturated rings. The molecule has 0 atom stereocenters. The summed E-state index contributed by atoms with van der Waals surface area (Å²) in [5.74, 6) is 0.734. The number of furan rings is 1. The zero-order valence-corrected chi connectivity index (χ0v) is 15.4. The molecule has 4 nitrogen and oxygen atoms in total. The molecule has 134 valence electrons. The van der Waals surface area contributed by atoms with Crippen molar-refractivity contribution in [3.63, 3.8) is 0 Å². The summed E-state index contributed by atoms with van der Waals surface area (Å²) < 4.78 is 5.44. The largest absolute Gasteiger partial charge is 0.467 e. The van der Waals surface area contributed by atoms with E-state index in [2.05, 4.69) is 4.98 Å². The number of para-hydroxylation sites is 1. The van der Waals surface area contributed by atoms with Gasteiger partial charge >= 0.3 is 0 Å². The van der Waals surface area contributed by atoms with Crippen molar-refractivity contribution in [3.8, 4) is 10.6 Å². The highest BCUT2D eigenvalue weighted by Crippen LogP contribution is 2.24. The van der Waals surface area contributed by atoms with Crippen LogP contribution in [0.1, 0.15) is 11.5 Å². The summed E-state index contributed by atoms with van der Waals surface area (Å²) in [6.07, 6.45) is 1.87. The van der Waals surface area contributed by atoms with Crippen LogP contribution in [-0.4, -0.2) is 10.9 Å². The molecule has 0 aliphatic rings. The lowest BCUT2D eigenvalue weighted by atomic mass is 10.2. The standard InChI is InChI=1S/C22H18N2O2S/c25-21(14-18-16-27-22(23-18)17-8-3-1-4-9-17)24(15-20-12-7-13-26-20)19-10-5-2-6-11-19/h1-13,16H,14-15H2. The number of hydrogen-bond acceptors (Lipinski definition) is 4. The molecule has 2 heterocycles. The summed E-state index contributed by atoms with van der Waals surface area (Å²) in [6.45, 7) is 0.394. The zero-order valence-electron chi connectivity index (χ0n) is 14.6. The smallest absolute Gasteiger partial charge is 0.233 e.